The van der Waals surface area contributed by atoms with Gasteiger partial charge in [0, 0.05) is 3.57 Å². The molecule has 2 rings (SSSR count). The van der Waals surface area contributed by atoms with Crippen LogP contribution in [0.15, 0.2) is 34.9 Å². The lowest BCUT2D eigenvalue weighted by Crippen LogP contribution is -1.86. The van der Waals surface area contributed by atoms with E-state index in [9.17, 15) is 0 Å². The van der Waals surface area contributed by atoms with E-state index in [2.05, 4.69) is 27.6 Å². The Bertz CT molecular complexity index is 438. The molecule has 0 saturated carbocycles. The second-order valence-corrected chi connectivity index (χ2v) is 4.06. The minimum atomic E-state index is -0.153. The van der Waals surface area contributed by atoms with Crippen LogP contribution in [-0.2, 0) is 6.61 Å². The van der Waals surface area contributed by atoms with Crippen LogP contribution in [0.3, 0.4) is 0 Å². The summed E-state index contributed by atoms with van der Waals surface area (Å²) in [6.07, 6.45) is 1.50. The molecule has 0 bridgehead atoms. The van der Waals surface area contributed by atoms with Gasteiger partial charge in [0.2, 0.25) is 0 Å². The first kappa shape index (κ1) is 10.4. The maximum absolute atomic E-state index is 8.77. The van der Waals surface area contributed by atoms with Gasteiger partial charge in [0.05, 0.1) is 6.61 Å². The highest BCUT2D eigenvalue weighted by Crippen LogP contribution is 2.21. The summed E-state index contributed by atoms with van der Waals surface area (Å²) in [7, 11) is 0. The van der Waals surface area contributed by atoms with Gasteiger partial charge in [0.1, 0.15) is 17.7 Å². The van der Waals surface area contributed by atoms with Crippen molar-refractivity contribution >= 4 is 22.6 Å². The van der Waals surface area contributed by atoms with E-state index in [1.807, 2.05) is 24.3 Å². The Labute approximate surface area is 100 Å². The molecule has 0 aliphatic rings. The topological polar surface area (TPSA) is 55.5 Å². The lowest BCUT2D eigenvalue weighted by Gasteiger charge is -1.99. The molecular formula is C10H8INO3. The molecule has 0 unspecified atom stereocenters. The quantitative estimate of drug-likeness (QED) is 0.884. The van der Waals surface area contributed by atoms with E-state index in [0.717, 1.165) is 3.57 Å². The van der Waals surface area contributed by atoms with Gasteiger partial charge in [-0.25, -0.2) is 0 Å². The van der Waals surface area contributed by atoms with Crippen molar-refractivity contribution in [1.29, 1.82) is 0 Å². The van der Waals surface area contributed by atoms with E-state index in [1.54, 1.807) is 0 Å². The van der Waals surface area contributed by atoms with E-state index in [-0.39, 0.29) is 12.7 Å². The molecule has 4 nitrogen and oxygen atoms in total. The van der Waals surface area contributed by atoms with Crippen molar-refractivity contribution in [3.8, 4) is 11.8 Å². The Hall–Kier alpha value is -1.08. The lowest BCUT2D eigenvalue weighted by molar-refractivity contribution is 0.276. The third-order valence-electron chi connectivity index (χ3n) is 1.71. The highest BCUT2D eigenvalue weighted by atomic mass is 127. The number of aliphatic hydroxyl groups is 1. The fourth-order valence-electron chi connectivity index (χ4n) is 1.01. The number of aliphatic hydroxyl groups excluding tert-OH is 1. The Morgan fingerprint density at radius 2 is 2.07 bits per heavy atom. The monoisotopic (exact) mass is 317 g/mol. The summed E-state index contributed by atoms with van der Waals surface area (Å²) >= 11 is 2.21. The standard InChI is InChI=1S/C10H8INO3/c11-7-1-3-9(4-2-7)15-10-12-8(5-13)6-14-10/h1-4,6,13H,5H2. The number of hydrogen-bond donors (Lipinski definition) is 1. The summed E-state index contributed by atoms with van der Waals surface area (Å²) < 4.78 is 11.4. The van der Waals surface area contributed by atoms with Crippen LogP contribution in [0.2, 0.25) is 0 Å². The van der Waals surface area contributed by atoms with Crippen molar-refractivity contribution in [2.75, 3.05) is 0 Å². The number of nitrogens with zero attached hydrogens (tertiary/aromatic N) is 1. The van der Waals surface area contributed by atoms with Gasteiger partial charge in [-0.05, 0) is 46.9 Å². The van der Waals surface area contributed by atoms with Crippen LogP contribution < -0.4 is 4.74 Å². The van der Waals surface area contributed by atoms with Crippen LogP contribution in [0.5, 0.6) is 11.8 Å². The van der Waals surface area contributed by atoms with E-state index >= 15 is 0 Å². The molecular weight excluding hydrogens is 309 g/mol. The molecule has 5 heteroatoms. The zero-order chi connectivity index (χ0) is 10.7. The number of rotatable bonds is 3. The molecule has 15 heavy (non-hydrogen) atoms. The molecule has 0 aliphatic heterocycles. The van der Waals surface area contributed by atoms with E-state index in [4.69, 9.17) is 14.3 Å². The molecule has 0 spiro atoms. The molecule has 0 saturated heterocycles. The summed E-state index contributed by atoms with van der Waals surface area (Å²) in [6.45, 7) is -0.153. The molecule has 0 aliphatic carbocycles. The van der Waals surface area contributed by atoms with Crippen LogP contribution in [0, 0.1) is 3.57 Å². The fourth-order valence-corrected chi connectivity index (χ4v) is 1.37. The van der Waals surface area contributed by atoms with Gasteiger partial charge in [-0.1, -0.05) is 0 Å². The van der Waals surface area contributed by atoms with Gasteiger partial charge in [-0.2, -0.15) is 4.98 Å². The third kappa shape index (κ3) is 2.69. The smallest absolute Gasteiger partial charge is 0.399 e. The number of oxazole rings is 1. The van der Waals surface area contributed by atoms with Crippen molar-refractivity contribution in [3.05, 3.63) is 39.8 Å². The fraction of sp³-hybridized carbons (Fsp3) is 0.100. The van der Waals surface area contributed by atoms with Crippen molar-refractivity contribution in [2.45, 2.75) is 6.61 Å². The van der Waals surface area contributed by atoms with Crippen LogP contribution >= 0.6 is 22.6 Å². The Morgan fingerprint density at radius 1 is 1.33 bits per heavy atom. The summed E-state index contributed by atoms with van der Waals surface area (Å²) in [5, 5.41) is 8.77. The zero-order valence-electron chi connectivity index (χ0n) is 7.68. The predicted molar refractivity (Wildman–Crippen MR) is 61.7 cm³/mol. The number of halogens is 1. The molecule has 0 atom stereocenters. The van der Waals surface area contributed by atoms with Crippen molar-refractivity contribution in [3.63, 3.8) is 0 Å². The number of hydrogen-bond acceptors (Lipinski definition) is 4. The highest BCUT2D eigenvalue weighted by Gasteiger charge is 2.04. The summed E-state index contributed by atoms with van der Waals surface area (Å²) in [6, 6.07) is 7.49. The Kier molecular flexibility index (Phi) is 3.22. The average Bonchev–Trinajstić information content (AvgIpc) is 2.69. The SMILES string of the molecule is OCc1coc(Oc2ccc(I)cc2)n1. The van der Waals surface area contributed by atoms with Crippen molar-refractivity contribution in [1.82, 2.24) is 4.98 Å². The van der Waals surface area contributed by atoms with Crippen molar-refractivity contribution in [2.24, 2.45) is 0 Å². The van der Waals surface area contributed by atoms with Crippen LogP contribution in [-0.4, -0.2) is 10.1 Å². The molecule has 1 aromatic heterocycles. The van der Waals surface area contributed by atoms with E-state index < -0.39 is 0 Å². The molecule has 1 heterocycles. The van der Waals surface area contributed by atoms with Gasteiger partial charge >= 0.3 is 6.08 Å². The second kappa shape index (κ2) is 4.63. The molecule has 1 aromatic carbocycles. The average molecular weight is 317 g/mol. The summed E-state index contributed by atoms with van der Waals surface area (Å²) in [5.41, 5.74) is 0.454. The van der Waals surface area contributed by atoms with Gasteiger partial charge in [-0.3, -0.25) is 0 Å². The molecule has 2 aromatic rings. The predicted octanol–water partition coefficient (Wildman–Crippen LogP) is 2.56. The number of aromatic nitrogens is 1. The lowest BCUT2D eigenvalue weighted by atomic mass is 10.3. The molecule has 78 valence electrons. The summed E-state index contributed by atoms with van der Waals surface area (Å²) in [4.78, 5) is 3.91. The van der Waals surface area contributed by atoms with Gasteiger partial charge in [0.25, 0.3) is 0 Å². The molecule has 0 radical (unpaired) electrons. The normalized spacial score (nSPS) is 10.3. The minimum Gasteiger partial charge on any atom is -0.417 e. The Balaban J connectivity index is 2.11. The first-order valence-corrected chi connectivity index (χ1v) is 5.34. The van der Waals surface area contributed by atoms with Crippen molar-refractivity contribution < 1.29 is 14.3 Å². The zero-order valence-corrected chi connectivity index (χ0v) is 9.84. The van der Waals surface area contributed by atoms with Crippen LogP contribution in [0.1, 0.15) is 5.69 Å². The third-order valence-corrected chi connectivity index (χ3v) is 2.43. The number of ether oxygens (including phenoxy) is 1. The maximum atomic E-state index is 8.77. The highest BCUT2D eigenvalue weighted by molar-refractivity contribution is 14.1. The van der Waals surface area contributed by atoms with Gasteiger partial charge in [-0.15, -0.1) is 0 Å². The first-order chi connectivity index (χ1) is 7.28. The van der Waals surface area contributed by atoms with E-state index in [1.165, 1.54) is 6.26 Å². The van der Waals surface area contributed by atoms with Gasteiger partial charge < -0.3 is 14.3 Å². The largest absolute Gasteiger partial charge is 0.417 e. The second-order valence-electron chi connectivity index (χ2n) is 2.82. The maximum Gasteiger partial charge on any atom is 0.399 e. The Morgan fingerprint density at radius 3 is 2.67 bits per heavy atom. The first-order valence-electron chi connectivity index (χ1n) is 4.26. The molecule has 1 N–H and O–H groups in total. The number of benzene rings is 1. The molecule has 0 fully saturated rings. The molecule has 0 amide bonds. The van der Waals surface area contributed by atoms with Crippen LogP contribution in [0.25, 0.3) is 0 Å². The van der Waals surface area contributed by atoms with E-state index in [0.29, 0.717) is 11.4 Å². The van der Waals surface area contributed by atoms with Crippen LogP contribution in [0.4, 0.5) is 0 Å². The summed E-state index contributed by atoms with van der Waals surface area (Å²) in [5.74, 6) is 0.654. The van der Waals surface area contributed by atoms with Gasteiger partial charge in [0.15, 0.2) is 0 Å². The minimum absolute atomic E-state index is 0.139.